The maximum absolute atomic E-state index is 11.3. The second-order valence-corrected chi connectivity index (χ2v) is 13.6. The van der Waals surface area contributed by atoms with Crippen LogP contribution in [0.3, 0.4) is 0 Å². The Hall–Kier alpha value is -2.78. The molecule has 0 aromatic heterocycles. The molecule has 2 rings (SSSR count). The Morgan fingerprint density at radius 1 is 0.649 bits per heavy atom. The molecule has 0 saturated carbocycles. The van der Waals surface area contributed by atoms with E-state index in [1.807, 2.05) is 41.5 Å². The van der Waals surface area contributed by atoms with Crippen LogP contribution >= 0.6 is 0 Å². The summed E-state index contributed by atoms with van der Waals surface area (Å²) in [4.78, 5) is 42.2. The minimum Gasteiger partial charge on any atom is -0.480 e. The van der Waals surface area contributed by atoms with Gasteiger partial charge in [0.05, 0.1) is 52.9 Å². The molecule has 0 radical (unpaired) electrons. The molecular formula is C39H76O18. The summed E-state index contributed by atoms with van der Waals surface area (Å²) in [6, 6.07) is 0. The number of ether oxygens (including phenoxy) is 10. The van der Waals surface area contributed by atoms with Crippen LogP contribution in [0.4, 0.5) is 0 Å². The summed E-state index contributed by atoms with van der Waals surface area (Å²) < 4.78 is 50.2. The fourth-order valence-electron chi connectivity index (χ4n) is 3.69. The van der Waals surface area contributed by atoms with Crippen LogP contribution in [0, 0.1) is 0 Å². The van der Waals surface area contributed by atoms with Gasteiger partial charge in [0.2, 0.25) is 0 Å². The fraction of sp³-hybridized carbons (Fsp3) is 0.846. The first-order chi connectivity index (χ1) is 26.4. The summed E-state index contributed by atoms with van der Waals surface area (Å²) in [6.45, 7) is 18.8. The van der Waals surface area contributed by atoms with E-state index in [1.165, 1.54) is 12.5 Å². The molecule has 2 saturated heterocycles. The molecule has 57 heavy (non-hydrogen) atoms. The van der Waals surface area contributed by atoms with Crippen LogP contribution in [0.15, 0.2) is 12.7 Å². The molecule has 2 heterocycles. The number of carbonyl (C=O) groups is 4. The van der Waals surface area contributed by atoms with E-state index in [1.54, 1.807) is 6.92 Å². The Morgan fingerprint density at radius 2 is 1.09 bits per heavy atom. The summed E-state index contributed by atoms with van der Waals surface area (Å²) in [5, 5.41) is 32.7. The highest BCUT2D eigenvalue weighted by molar-refractivity contribution is 5.71. The lowest BCUT2D eigenvalue weighted by molar-refractivity contribution is -0.173. The third kappa shape index (κ3) is 53.2. The zero-order valence-corrected chi connectivity index (χ0v) is 34.8. The highest BCUT2D eigenvalue weighted by Crippen LogP contribution is 2.14. The van der Waals surface area contributed by atoms with Crippen molar-refractivity contribution in [2.24, 2.45) is 0 Å². The molecule has 2 unspecified atom stereocenters. The predicted molar refractivity (Wildman–Crippen MR) is 210 cm³/mol. The van der Waals surface area contributed by atoms with E-state index in [2.05, 4.69) is 20.8 Å². The van der Waals surface area contributed by atoms with Crippen LogP contribution in [0.5, 0.6) is 0 Å². The Bertz CT molecular complexity index is 952. The van der Waals surface area contributed by atoms with Gasteiger partial charge in [-0.05, 0) is 80.1 Å². The molecule has 0 aromatic carbocycles. The molecule has 0 spiro atoms. The van der Waals surface area contributed by atoms with Crippen molar-refractivity contribution in [3.63, 3.8) is 0 Å². The van der Waals surface area contributed by atoms with Crippen LogP contribution in [0.1, 0.15) is 101 Å². The third-order valence-electron chi connectivity index (χ3n) is 5.83. The van der Waals surface area contributed by atoms with E-state index in [4.69, 9.17) is 53.6 Å². The molecular weight excluding hydrogens is 756 g/mol. The van der Waals surface area contributed by atoms with Gasteiger partial charge in [-0.25, -0.2) is 14.4 Å². The largest absolute Gasteiger partial charge is 0.480 e. The summed E-state index contributed by atoms with van der Waals surface area (Å²) in [6.07, 6.45) is 8.24. The second-order valence-electron chi connectivity index (χ2n) is 13.6. The zero-order chi connectivity index (χ0) is 43.1. The van der Waals surface area contributed by atoms with Crippen molar-refractivity contribution in [3.8, 4) is 0 Å². The molecule has 0 amide bonds. The van der Waals surface area contributed by atoms with Gasteiger partial charge in [-0.2, -0.15) is 0 Å². The molecule has 0 bridgehead atoms. The topological polar surface area (TPSA) is 241 Å². The molecule has 18 nitrogen and oxygen atoms in total. The van der Waals surface area contributed by atoms with Crippen molar-refractivity contribution >= 4 is 23.9 Å². The normalized spacial score (nSPS) is 16.0. The van der Waals surface area contributed by atoms with E-state index < -0.39 is 17.5 Å². The summed E-state index contributed by atoms with van der Waals surface area (Å²) in [5.74, 6) is -1.95. The van der Waals surface area contributed by atoms with E-state index in [0.717, 1.165) is 45.3 Å². The number of rotatable bonds is 20. The number of carbonyl (C=O) groups excluding carboxylic acids is 3. The summed E-state index contributed by atoms with van der Waals surface area (Å²) in [5.41, 5.74) is -0.792. The van der Waals surface area contributed by atoms with Crippen molar-refractivity contribution in [3.05, 3.63) is 12.7 Å². The van der Waals surface area contributed by atoms with Crippen molar-refractivity contribution in [2.75, 3.05) is 92.5 Å². The molecule has 0 aliphatic carbocycles. The third-order valence-corrected chi connectivity index (χ3v) is 5.83. The molecule has 340 valence electrons. The number of carboxylic acid groups (broad SMARTS) is 1. The van der Waals surface area contributed by atoms with E-state index >= 15 is 0 Å². The van der Waals surface area contributed by atoms with Gasteiger partial charge in [0.1, 0.15) is 37.6 Å². The number of aliphatic hydroxyl groups excluding tert-OH is 3. The number of hydrogen-bond acceptors (Lipinski definition) is 17. The lowest BCUT2D eigenvalue weighted by atomic mass is 10.2. The highest BCUT2D eigenvalue weighted by Gasteiger charge is 2.17. The number of carboxylic acids is 1. The monoisotopic (exact) mass is 833 g/mol. The van der Waals surface area contributed by atoms with Crippen LogP contribution in [-0.4, -0.2) is 161 Å². The molecule has 2 aliphatic rings. The molecule has 4 N–H and O–H groups in total. The van der Waals surface area contributed by atoms with Gasteiger partial charge in [-0.3, -0.25) is 4.79 Å². The minimum atomic E-state index is -1.02. The van der Waals surface area contributed by atoms with Gasteiger partial charge in [0, 0.05) is 19.6 Å². The Balaban J connectivity index is -0.000000318. The summed E-state index contributed by atoms with van der Waals surface area (Å²) in [7, 11) is 0. The SMILES string of the molecule is C.C=CCOC(=O)COCCO.CC(C)(C)OC(=O)COCCOC1CCCCO1.CCC(=O)OC(C)(C)C.O=C(O)COCCO.OCCOC1CCCCO1. The molecule has 18 heteroatoms. The Morgan fingerprint density at radius 3 is 1.47 bits per heavy atom. The first-order valence-electron chi connectivity index (χ1n) is 18.9. The first-order valence-corrected chi connectivity index (χ1v) is 18.9. The smallest absolute Gasteiger partial charge is 0.332 e. The van der Waals surface area contributed by atoms with Crippen molar-refractivity contribution in [1.29, 1.82) is 0 Å². The van der Waals surface area contributed by atoms with Gasteiger partial charge in [-0.15, -0.1) is 0 Å². The van der Waals surface area contributed by atoms with Gasteiger partial charge in [0.15, 0.2) is 12.6 Å². The molecule has 2 aliphatic heterocycles. The Labute approximate surface area is 340 Å². The molecule has 2 fully saturated rings. The van der Waals surface area contributed by atoms with Crippen molar-refractivity contribution in [2.45, 2.75) is 125 Å². The van der Waals surface area contributed by atoms with Gasteiger partial charge in [0.25, 0.3) is 0 Å². The fourth-order valence-corrected chi connectivity index (χ4v) is 3.69. The number of aliphatic carboxylic acids is 1. The average molecular weight is 833 g/mol. The van der Waals surface area contributed by atoms with Crippen LogP contribution in [0.25, 0.3) is 0 Å². The van der Waals surface area contributed by atoms with Gasteiger partial charge in [-0.1, -0.05) is 27.0 Å². The number of esters is 3. The van der Waals surface area contributed by atoms with Crippen LogP contribution in [0.2, 0.25) is 0 Å². The van der Waals surface area contributed by atoms with Gasteiger partial charge >= 0.3 is 23.9 Å². The maximum atomic E-state index is 11.3. The zero-order valence-electron chi connectivity index (χ0n) is 34.8. The van der Waals surface area contributed by atoms with Gasteiger partial charge < -0.3 is 67.8 Å². The molecule has 2 atom stereocenters. The first kappa shape index (κ1) is 60.9. The van der Waals surface area contributed by atoms with Crippen molar-refractivity contribution < 1.29 is 87.0 Å². The quantitative estimate of drug-likeness (QED) is 0.0593. The second kappa shape index (κ2) is 41.4. The standard InChI is InChI=1S/C13H24O5.C7H12O4.C7H14O3.C7H14O2.C4H8O4.CH4/c1-13(2,3)18-11(14)10-15-8-9-17-12-6-4-5-7-16-12;1-2-4-11-7(9)6-10-5-3-8;8-4-6-10-7-3-1-2-5-9-7;1-5-6(8)9-7(2,3)4;5-1-2-8-3-4(6)7;/h12H,4-10H2,1-3H3;2,8H,1,3-6H2;7-8H,1-6H2;5H2,1-4H3;5H,1-3H2,(H,6,7);1H4. The van der Waals surface area contributed by atoms with Crippen molar-refractivity contribution in [1.82, 2.24) is 0 Å². The van der Waals surface area contributed by atoms with E-state index in [0.29, 0.717) is 26.2 Å². The van der Waals surface area contributed by atoms with Crippen LogP contribution < -0.4 is 0 Å². The molecule has 0 aromatic rings. The predicted octanol–water partition coefficient (Wildman–Crippen LogP) is 3.59. The Kier molecular flexibility index (Phi) is 44.2. The minimum absolute atomic E-state index is 0. The van der Waals surface area contributed by atoms with E-state index in [-0.39, 0.29) is 97.0 Å². The highest BCUT2D eigenvalue weighted by atomic mass is 16.7. The van der Waals surface area contributed by atoms with Crippen LogP contribution in [-0.2, 0) is 66.5 Å². The number of hydrogen-bond donors (Lipinski definition) is 4. The number of aliphatic hydroxyl groups is 3. The maximum Gasteiger partial charge on any atom is 0.332 e. The summed E-state index contributed by atoms with van der Waals surface area (Å²) >= 11 is 0. The average Bonchev–Trinajstić information content (AvgIpc) is 3.13. The lowest BCUT2D eigenvalue weighted by Gasteiger charge is -2.22. The lowest BCUT2D eigenvalue weighted by Crippen LogP contribution is -2.27. The van der Waals surface area contributed by atoms with E-state index in [9.17, 15) is 19.2 Å².